The normalized spacial score (nSPS) is 32.4. The van der Waals surface area contributed by atoms with E-state index in [1.165, 1.54) is 0 Å². The Kier molecular flexibility index (Phi) is 1.68. The van der Waals surface area contributed by atoms with E-state index in [0.717, 1.165) is 0 Å². The summed E-state index contributed by atoms with van der Waals surface area (Å²) in [6.07, 6.45) is 0. The van der Waals surface area contributed by atoms with Gasteiger partial charge in [0.15, 0.2) is 0 Å². The number of hydrogen-bond acceptors (Lipinski definition) is 3. The quantitative estimate of drug-likeness (QED) is 0.490. The number of hydrogen-bond donors (Lipinski definition) is 2. The Morgan fingerprint density at radius 3 is 2.30 bits per heavy atom. The fourth-order valence-electron chi connectivity index (χ4n) is 0.857. The fourth-order valence-corrected chi connectivity index (χ4v) is 1.26. The van der Waals surface area contributed by atoms with Crippen molar-refractivity contribution >= 4 is 18.5 Å². The molecule has 0 bridgehead atoms. The van der Waals surface area contributed by atoms with Crippen molar-refractivity contribution < 1.29 is 4.79 Å². The molecule has 1 atom stereocenters. The Morgan fingerprint density at radius 2 is 2.20 bits per heavy atom. The minimum atomic E-state index is -0.410. The van der Waals surface area contributed by atoms with Crippen LogP contribution in [0.1, 0.15) is 13.8 Å². The van der Waals surface area contributed by atoms with Crippen molar-refractivity contribution in [1.29, 1.82) is 0 Å². The molecule has 1 saturated heterocycles. The molecule has 1 aliphatic rings. The third-order valence-electron chi connectivity index (χ3n) is 2.06. The molecule has 1 aliphatic heterocycles. The molecule has 0 aromatic carbocycles. The maximum absolute atomic E-state index is 11.1. The first kappa shape index (κ1) is 7.88. The van der Waals surface area contributed by atoms with Crippen LogP contribution in [0.2, 0.25) is 0 Å². The highest BCUT2D eigenvalue weighted by atomic mass is 32.1. The van der Waals surface area contributed by atoms with Crippen LogP contribution in [-0.2, 0) is 4.79 Å². The van der Waals surface area contributed by atoms with Crippen molar-refractivity contribution in [2.75, 3.05) is 7.05 Å². The second kappa shape index (κ2) is 2.13. The molecule has 0 radical (unpaired) electrons. The number of thiol groups is 1. The largest absolute Gasteiger partial charge is 0.330 e. The molecular formula is C6H12N2OS. The number of rotatable bonds is 0. The SMILES string of the molecule is CN1C(S)NC(=O)C1(C)C. The minimum Gasteiger partial charge on any atom is -0.330 e. The predicted molar refractivity (Wildman–Crippen MR) is 42.8 cm³/mol. The van der Waals surface area contributed by atoms with Crippen molar-refractivity contribution in [3.63, 3.8) is 0 Å². The van der Waals surface area contributed by atoms with Gasteiger partial charge < -0.3 is 5.32 Å². The van der Waals surface area contributed by atoms with E-state index >= 15 is 0 Å². The highest BCUT2D eigenvalue weighted by Gasteiger charge is 2.42. The number of carbonyl (C=O) groups excluding carboxylic acids is 1. The number of nitrogens with one attached hydrogen (secondary N) is 1. The summed E-state index contributed by atoms with van der Waals surface area (Å²) in [6.45, 7) is 3.75. The van der Waals surface area contributed by atoms with Gasteiger partial charge in [-0.15, -0.1) is 12.6 Å². The Balaban J connectivity index is 2.85. The van der Waals surface area contributed by atoms with Gasteiger partial charge in [0.05, 0.1) is 5.54 Å². The van der Waals surface area contributed by atoms with Gasteiger partial charge in [0, 0.05) is 0 Å². The van der Waals surface area contributed by atoms with Crippen molar-refractivity contribution in [3.05, 3.63) is 0 Å². The summed E-state index contributed by atoms with van der Waals surface area (Å²) < 4.78 is 0. The molecule has 3 nitrogen and oxygen atoms in total. The summed E-state index contributed by atoms with van der Waals surface area (Å²) >= 11 is 4.15. The molecule has 1 N–H and O–H groups in total. The first-order valence-electron chi connectivity index (χ1n) is 3.18. The van der Waals surface area contributed by atoms with Gasteiger partial charge in [0.1, 0.15) is 5.50 Å². The van der Waals surface area contributed by atoms with E-state index in [-0.39, 0.29) is 11.4 Å². The van der Waals surface area contributed by atoms with Gasteiger partial charge in [-0.25, -0.2) is 0 Å². The van der Waals surface area contributed by atoms with E-state index in [2.05, 4.69) is 17.9 Å². The molecule has 0 aromatic heterocycles. The summed E-state index contributed by atoms with van der Waals surface area (Å²) in [6, 6.07) is 0. The number of amides is 1. The Labute approximate surface area is 66.2 Å². The van der Waals surface area contributed by atoms with Crippen molar-refractivity contribution in [1.82, 2.24) is 10.2 Å². The van der Waals surface area contributed by atoms with E-state index in [4.69, 9.17) is 0 Å². The molecule has 1 rings (SSSR count). The van der Waals surface area contributed by atoms with Crippen LogP contribution in [0.5, 0.6) is 0 Å². The van der Waals surface area contributed by atoms with Gasteiger partial charge in [-0.1, -0.05) is 0 Å². The van der Waals surface area contributed by atoms with E-state index in [9.17, 15) is 4.79 Å². The topological polar surface area (TPSA) is 32.3 Å². The summed E-state index contributed by atoms with van der Waals surface area (Å²) in [4.78, 5) is 13.0. The second-order valence-electron chi connectivity index (χ2n) is 3.02. The lowest BCUT2D eigenvalue weighted by Crippen LogP contribution is -2.41. The molecular weight excluding hydrogens is 148 g/mol. The average Bonchev–Trinajstić information content (AvgIpc) is 1.97. The smallest absolute Gasteiger partial charge is 0.241 e. The van der Waals surface area contributed by atoms with Gasteiger partial charge in [-0.3, -0.25) is 9.69 Å². The lowest BCUT2D eigenvalue weighted by Gasteiger charge is -2.25. The van der Waals surface area contributed by atoms with Crippen LogP contribution >= 0.6 is 12.6 Å². The molecule has 10 heavy (non-hydrogen) atoms. The fraction of sp³-hybridized carbons (Fsp3) is 0.833. The Bertz CT molecular complexity index is 169. The zero-order valence-electron chi connectivity index (χ0n) is 6.38. The van der Waals surface area contributed by atoms with Crippen LogP contribution in [0.25, 0.3) is 0 Å². The van der Waals surface area contributed by atoms with E-state index in [0.29, 0.717) is 0 Å². The lowest BCUT2D eigenvalue weighted by molar-refractivity contribution is -0.124. The molecule has 1 amide bonds. The molecule has 58 valence electrons. The third-order valence-corrected chi connectivity index (χ3v) is 2.54. The molecule has 1 unspecified atom stereocenters. The molecule has 4 heteroatoms. The summed E-state index contributed by atoms with van der Waals surface area (Å²) in [5.74, 6) is 0.0370. The summed E-state index contributed by atoms with van der Waals surface area (Å²) in [7, 11) is 1.87. The van der Waals surface area contributed by atoms with E-state index < -0.39 is 5.54 Å². The highest BCUT2D eigenvalue weighted by molar-refractivity contribution is 7.80. The van der Waals surface area contributed by atoms with Crippen LogP contribution in [0.3, 0.4) is 0 Å². The van der Waals surface area contributed by atoms with Gasteiger partial charge in [-0.05, 0) is 20.9 Å². The molecule has 1 heterocycles. The van der Waals surface area contributed by atoms with Gasteiger partial charge >= 0.3 is 0 Å². The molecule has 0 saturated carbocycles. The van der Waals surface area contributed by atoms with Crippen LogP contribution < -0.4 is 5.32 Å². The zero-order valence-corrected chi connectivity index (χ0v) is 7.27. The molecule has 0 spiro atoms. The third kappa shape index (κ3) is 0.914. The maximum Gasteiger partial charge on any atom is 0.241 e. The second-order valence-corrected chi connectivity index (χ2v) is 3.51. The first-order valence-corrected chi connectivity index (χ1v) is 3.70. The maximum atomic E-state index is 11.1. The van der Waals surface area contributed by atoms with Crippen molar-refractivity contribution in [2.45, 2.75) is 24.9 Å². The number of likely N-dealkylation sites (N-methyl/N-ethyl adjacent to an activating group) is 1. The number of carbonyl (C=O) groups is 1. The standard InChI is InChI=1S/C6H12N2OS/c1-6(2)4(9)7-5(10)8(6)3/h5,10H,1-3H3,(H,7,9). The van der Waals surface area contributed by atoms with Gasteiger partial charge in [-0.2, -0.15) is 0 Å². The van der Waals surface area contributed by atoms with Crippen LogP contribution in [0, 0.1) is 0 Å². The zero-order chi connectivity index (χ0) is 7.94. The van der Waals surface area contributed by atoms with Gasteiger partial charge in [0.2, 0.25) is 5.91 Å². The average molecular weight is 160 g/mol. The monoisotopic (exact) mass is 160 g/mol. The molecule has 0 aliphatic carbocycles. The van der Waals surface area contributed by atoms with Crippen LogP contribution in [0.4, 0.5) is 0 Å². The van der Waals surface area contributed by atoms with Crippen molar-refractivity contribution in [3.8, 4) is 0 Å². The predicted octanol–water partition coefficient (Wildman–Crippen LogP) is 0.0400. The summed E-state index contributed by atoms with van der Waals surface area (Å²) in [5, 5.41) is 2.71. The summed E-state index contributed by atoms with van der Waals surface area (Å²) in [5.41, 5.74) is -0.547. The lowest BCUT2D eigenvalue weighted by atomic mass is 10.1. The number of nitrogens with zero attached hydrogens (tertiary/aromatic N) is 1. The molecule has 1 fully saturated rings. The Morgan fingerprint density at radius 1 is 1.70 bits per heavy atom. The van der Waals surface area contributed by atoms with E-state index in [1.807, 2.05) is 25.8 Å². The Hall–Kier alpha value is -0.220. The van der Waals surface area contributed by atoms with Gasteiger partial charge in [0.25, 0.3) is 0 Å². The minimum absolute atomic E-state index is 0.0370. The van der Waals surface area contributed by atoms with Crippen LogP contribution in [-0.4, -0.2) is 28.9 Å². The highest BCUT2D eigenvalue weighted by Crippen LogP contribution is 2.22. The van der Waals surface area contributed by atoms with Crippen molar-refractivity contribution in [2.24, 2.45) is 0 Å². The first-order chi connectivity index (χ1) is 4.46. The van der Waals surface area contributed by atoms with E-state index in [1.54, 1.807) is 0 Å². The molecule has 0 aromatic rings. The van der Waals surface area contributed by atoms with Crippen LogP contribution in [0.15, 0.2) is 0 Å².